The van der Waals surface area contributed by atoms with Gasteiger partial charge in [-0.15, -0.1) is 0 Å². The first-order valence-corrected chi connectivity index (χ1v) is 7.30. The second-order valence-corrected chi connectivity index (χ2v) is 5.70. The summed E-state index contributed by atoms with van der Waals surface area (Å²) in [5.74, 6) is -2.23. The lowest BCUT2D eigenvalue weighted by Gasteiger charge is -2.20. The number of nitrogens with zero attached hydrogens (tertiary/aromatic N) is 1. The molecule has 0 atom stereocenters. The van der Waals surface area contributed by atoms with Crippen LogP contribution in [-0.4, -0.2) is 50.3 Å². The van der Waals surface area contributed by atoms with Crippen LogP contribution in [0.3, 0.4) is 0 Å². The quantitative estimate of drug-likeness (QED) is 0.549. The Balaban J connectivity index is 3.01. The molecule has 0 fully saturated rings. The van der Waals surface area contributed by atoms with Gasteiger partial charge in [0.05, 0.1) is 22.2 Å². The fraction of sp³-hybridized carbons (Fsp3) is 0.385. The summed E-state index contributed by atoms with van der Waals surface area (Å²) in [4.78, 5) is 23.9. The summed E-state index contributed by atoms with van der Waals surface area (Å²) < 4.78 is 46.4. The highest BCUT2D eigenvalue weighted by molar-refractivity contribution is 6.45. The lowest BCUT2D eigenvalue weighted by molar-refractivity contribution is -0.159. The number of benzene rings is 1. The first kappa shape index (κ1) is 20.7. The molecule has 0 aliphatic carbocycles. The van der Waals surface area contributed by atoms with Crippen molar-refractivity contribution in [2.24, 2.45) is 0 Å². The Bertz CT molecular complexity index is 652. The Morgan fingerprint density at radius 3 is 2.29 bits per heavy atom. The Morgan fingerprint density at radius 1 is 1.21 bits per heavy atom. The molecule has 134 valence electrons. The number of hydrogen-bond acceptors (Lipinski definition) is 4. The van der Waals surface area contributed by atoms with Gasteiger partial charge < -0.3 is 14.4 Å². The van der Waals surface area contributed by atoms with Gasteiger partial charge in [-0.1, -0.05) is 34.8 Å². The molecule has 11 heteroatoms. The van der Waals surface area contributed by atoms with E-state index in [2.05, 4.69) is 4.74 Å². The number of methoxy groups -OCH3 is 1. The third-order valence-corrected chi connectivity index (χ3v) is 3.77. The average molecular weight is 409 g/mol. The minimum absolute atomic E-state index is 0.0602. The largest absolute Gasteiger partial charge is 0.481 e. The number of esters is 1. The SMILES string of the molecule is COC(=O)c1c(Cl)c(Cl)cc(Cl)c1OCC(=O)N(C)CC(F)(F)F. The fourth-order valence-corrected chi connectivity index (χ4v) is 2.34. The highest BCUT2D eigenvalue weighted by atomic mass is 35.5. The number of ether oxygens (including phenoxy) is 2. The summed E-state index contributed by atoms with van der Waals surface area (Å²) in [7, 11) is 2.02. The molecule has 0 heterocycles. The van der Waals surface area contributed by atoms with E-state index in [0.717, 1.165) is 20.2 Å². The summed E-state index contributed by atoms with van der Waals surface area (Å²) in [5.41, 5.74) is -0.331. The molecule has 5 nitrogen and oxygen atoms in total. The zero-order chi connectivity index (χ0) is 18.7. The summed E-state index contributed by atoms with van der Waals surface area (Å²) in [5, 5.41) is -0.440. The first-order valence-electron chi connectivity index (χ1n) is 6.17. The van der Waals surface area contributed by atoms with Crippen molar-refractivity contribution in [3.63, 3.8) is 0 Å². The van der Waals surface area contributed by atoms with Crippen LogP contribution in [0.25, 0.3) is 0 Å². The third kappa shape index (κ3) is 5.32. The Morgan fingerprint density at radius 2 is 1.79 bits per heavy atom. The molecule has 0 radical (unpaired) electrons. The van der Waals surface area contributed by atoms with E-state index in [1.54, 1.807) is 0 Å². The van der Waals surface area contributed by atoms with Gasteiger partial charge in [-0.3, -0.25) is 4.79 Å². The van der Waals surface area contributed by atoms with E-state index in [-0.39, 0.29) is 26.4 Å². The second kappa shape index (κ2) is 8.13. The summed E-state index contributed by atoms with van der Waals surface area (Å²) in [6.45, 7) is -2.25. The molecule has 0 saturated carbocycles. The van der Waals surface area contributed by atoms with Gasteiger partial charge in [0.25, 0.3) is 5.91 Å². The molecule has 1 amide bonds. The Kier molecular flexibility index (Phi) is 7.00. The predicted octanol–water partition coefficient (Wildman–Crippen LogP) is 3.83. The molecule has 0 aliphatic heterocycles. The summed E-state index contributed by atoms with van der Waals surface area (Å²) in [6, 6.07) is 1.16. The molecular formula is C13H11Cl3F3NO4. The lowest BCUT2D eigenvalue weighted by Crippen LogP contribution is -2.38. The van der Waals surface area contributed by atoms with Crippen LogP contribution in [-0.2, 0) is 9.53 Å². The Labute approximate surface area is 150 Å². The molecule has 24 heavy (non-hydrogen) atoms. The van der Waals surface area contributed by atoms with Crippen LogP contribution in [0.2, 0.25) is 15.1 Å². The highest BCUT2D eigenvalue weighted by Gasteiger charge is 2.31. The molecular weight excluding hydrogens is 397 g/mol. The molecule has 1 aromatic carbocycles. The Hall–Kier alpha value is -1.38. The minimum atomic E-state index is -4.55. The lowest BCUT2D eigenvalue weighted by atomic mass is 10.2. The fourth-order valence-electron chi connectivity index (χ4n) is 1.61. The van der Waals surface area contributed by atoms with Crippen molar-refractivity contribution in [1.82, 2.24) is 4.90 Å². The van der Waals surface area contributed by atoms with Crippen molar-refractivity contribution in [1.29, 1.82) is 0 Å². The monoisotopic (exact) mass is 407 g/mol. The van der Waals surface area contributed by atoms with Gasteiger partial charge in [-0.05, 0) is 6.07 Å². The summed E-state index contributed by atoms with van der Waals surface area (Å²) in [6.07, 6.45) is -4.55. The normalized spacial score (nSPS) is 11.2. The van der Waals surface area contributed by atoms with E-state index in [1.165, 1.54) is 0 Å². The standard InChI is InChI=1S/C13H11Cl3F3NO4/c1-20(5-13(17,18)19)8(21)4-24-11-7(15)3-6(14)10(16)9(11)12(22)23-2/h3H,4-5H2,1-2H3. The van der Waals surface area contributed by atoms with Gasteiger partial charge in [0.2, 0.25) is 0 Å². The zero-order valence-electron chi connectivity index (χ0n) is 12.3. The number of carbonyl (C=O) groups is 2. The third-order valence-electron chi connectivity index (χ3n) is 2.70. The van der Waals surface area contributed by atoms with Crippen LogP contribution in [0.1, 0.15) is 10.4 Å². The van der Waals surface area contributed by atoms with Crippen molar-refractivity contribution in [3.05, 3.63) is 26.7 Å². The van der Waals surface area contributed by atoms with Gasteiger partial charge in [0, 0.05) is 7.05 Å². The molecule has 0 aromatic heterocycles. The van der Waals surface area contributed by atoms with Crippen molar-refractivity contribution < 1.29 is 32.2 Å². The van der Waals surface area contributed by atoms with Crippen LogP contribution >= 0.6 is 34.8 Å². The van der Waals surface area contributed by atoms with Gasteiger partial charge in [-0.2, -0.15) is 13.2 Å². The molecule has 1 aromatic rings. The maximum Gasteiger partial charge on any atom is 0.406 e. The summed E-state index contributed by atoms with van der Waals surface area (Å²) >= 11 is 17.6. The van der Waals surface area contributed by atoms with Crippen LogP contribution in [0.15, 0.2) is 6.07 Å². The van der Waals surface area contributed by atoms with Gasteiger partial charge in [-0.25, -0.2) is 4.79 Å². The molecule has 0 saturated heterocycles. The number of amides is 1. The molecule has 0 aliphatic rings. The van der Waals surface area contributed by atoms with Gasteiger partial charge >= 0.3 is 12.1 Å². The highest BCUT2D eigenvalue weighted by Crippen LogP contribution is 2.39. The number of hydrogen-bond donors (Lipinski definition) is 0. The van der Waals surface area contributed by atoms with E-state index < -0.39 is 31.2 Å². The van der Waals surface area contributed by atoms with Crippen molar-refractivity contribution in [2.75, 3.05) is 27.3 Å². The van der Waals surface area contributed by atoms with Crippen molar-refractivity contribution in [2.45, 2.75) is 6.18 Å². The maximum absolute atomic E-state index is 12.3. The van der Waals surface area contributed by atoms with Crippen LogP contribution in [0.5, 0.6) is 5.75 Å². The average Bonchev–Trinajstić information content (AvgIpc) is 2.46. The molecule has 0 spiro atoms. The molecule has 0 N–H and O–H groups in total. The second-order valence-electron chi connectivity index (χ2n) is 4.50. The van der Waals surface area contributed by atoms with Crippen LogP contribution in [0.4, 0.5) is 13.2 Å². The zero-order valence-corrected chi connectivity index (χ0v) is 14.6. The number of halogens is 6. The molecule has 0 bridgehead atoms. The number of rotatable bonds is 5. The first-order chi connectivity index (χ1) is 11.0. The molecule has 1 rings (SSSR count). The van der Waals surface area contributed by atoms with Crippen molar-refractivity contribution >= 4 is 46.7 Å². The van der Waals surface area contributed by atoms with E-state index >= 15 is 0 Å². The van der Waals surface area contributed by atoms with Gasteiger partial charge in [0.15, 0.2) is 12.4 Å². The number of likely N-dealkylation sites (N-methyl/N-ethyl adjacent to an activating group) is 1. The number of carbonyl (C=O) groups excluding carboxylic acids is 2. The van der Waals surface area contributed by atoms with Crippen molar-refractivity contribution in [3.8, 4) is 5.75 Å². The smallest absolute Gasteiger partial charge is 0.406 e. The predicted molar refractivity (Wildman–Crippen MR) is 82.0 cm³/mol. The number of alkyl halides is 3. The minimum Gasteiger partial charge on any atom is -0.481 e. The van der Waals surface area contributed by atoms with E-state index in [9.17, 15) is 22.8 Å². The topological polar surface area (TPSA) is 55.8 Å². The van der Waals surface area contributed by atoms with Crippen LogP contribution in [0, 0.1) is 0 Å². The van der Waals surface area contributed by atoms with Crippen LogP contribution < -0.4 is 4.74 Å². The maximum atomic E-state index is 12.3. The van der Waals surface area contributed by atoms with Gasteiger partial charge in [0.1, 0.15) is 12.1 Å². The van der Waals surface area contributed by atoms with E-state index in [4.69, 9.17) is 39.5 Å². The van der Waals surface area contributed by atoms with E-state index in [0.29, 0.717) is 4.90 Å². The molecule has 0 unspecified atom stereocenters. The van der Waals surface area contributed by atoms with E-state index in [1.807, 2.05) is 0 Å².